The lowest BCUT2D eigenvalue weighted by Gasteiger charge is -2.25. The van der Waals surface area contributed by atoms with Crippen LogP contribution in [0.4, 0.5) is 13.2 Å². The molecule has 4 nitrogen and oxygen atoms in total. The topological polar surface area (TPSA) is 38.8 Å². The molecule has 132 valence electrons. The van der Waals surface area contributed by atoms with Crippen LogP contribution in [0.2, 0.25) is 0 Å². The molecule has 1 aromatic rings. The molecular weight excluding hydrogens is 323 g/mol. The van der Waals surface area contributed by atoms with E-state index >= 15 is 0 Å². The molecule has 2 rings (SSSR count). The van der Waals surface area contributed by atoms with Crippen LogP contribution < -0.4 is 9.47 Å². The minimum Gasteiger partial charge on any atom is -0.493 e. The molecule has 0 N–H and O–H groups in total. The maximum absolute atomic E-state index is 13.2. The first-order valence-corrected chi connectivity index (χ1v) is 7.67. The van der Waals surface area contributed by atoms with Crippen LogP contribution in [0.5, 0.6) is 11.5 Å². The molecule has 24 heavy (non-hydrogen) atoms. The highest BCUT2D eigenvalue weighted by molar-refractivity contribution is 5.92. The van der Waals surface area contributed by atoms with E-state index in [1.165, 1.54) is 25.3 Å². The largest absolute Gasteiger partial charge is 0.493 e. The second-order valence-electron chi connectivity index (χ2n) is 5.52. The Balaban J connectivity index is 2.29. The molecule has 1 aliphatic heterocycles. The quantitative estimate of drug-likeness (QED) is 0.782. The first-order valence-electron chi connectivity index (χ1n) is 7.67. The number of likely N-dealkylation sites (tertiary alicyclic amines) is 1. The van der Waals surface area contributed by atoms with Crippen molar-refractivity contribution in [2.24, 2.45) is 0 Å². The smallest absolute Gasteiger partial charge is 0.420 e. The molecule has 0 unspecified atom stereocenters. The van der Waals surface area contributed by atoms with E-state index in [-0.39, 0.29) is 23.0 Å². The molecule has 0 aliphatic carbocycles. The highest BCUT2D eigenvalue weighted by Gasteiger charge is 2.36. The molecule has 7 heteroatoms. The highest BCUT2D eigenvalue weighted by atomic mass is 19.4. The third kappa shape index (κ3) is 4.21. The van der Waals surface area contributed by atoms with Gasteiger partial charge >= 0.3 is 6.18 Å². The van der Waals surface area contributed by atoms with Crippen molar-refractivity contribution >= 4 is 12.0 Å². The van der Waals surface area contributed by atoms with Gasteiger partial charge in [0.05, 0.1) is 14.2 Å². The van der Waals surface area contributed by atoms with Gasteiger partial charge in [-0.15, -0.1) is 0 Å². The number of rotatable bonds is 4. The Kier molecular flexibility index (Phi) is 5.75. The van der Waals surface area contributed by atoms with Crippen molar-refractivity contribution in [2.75, 3.05) is 27.3 Å². The lowest BCUT2D eigenvalue weighted by Crippen LogP contribution is -2.34. The number of piperidine rings is 1. The summed E-state index contributed by atoms with van der Waals surface area (Å²) in [6.45, 7) is 1.37. The van der Waals surface area contributed by atoms with Crippen LogP contribution in [0.3, 0.4) is 0 Å². The number of halogens is 3. The fraction of sp³-hybridized carbons (Fsp3) is 0.471. The van der Waals surface area contributed by atoms with Gasteiger partial charge in [-0.25, -0.2) is 0 Å². The number of benzene rings is 1. The van der Waals surface area contributed by atoms with Crippen molar-refractivity contribution in [3.05, 3.63) is 29.3 Å². The van der Waals surface area contributed by atoms with Crippen molar-refractivity contribution in [3.63, 3.8) is 0 Å². The Morgan fingerprint density at radius 3 is 2.33 bits per heavy atom. The zero-order valence-electron chi connectivity index (χ0n) is 13.7. The van der Waals surface area contributed by atoms with E-state index in [0.717, 1.165) is 32.4 Å². The third-order valence-corrected chi connectivity index (χ3v) is 3.89. The van der Waals surface area contributed by atoms with Crippen molar-refractivity contribution in [1.82, 2.24) is 4.90 Å². The van der Waals surface area contributed by atoms with Crippen LogP contribution >= 0.6 is 0 Å². The van der Waals surface area contributed by atoms with E-state index in [0.29, 0.717) is 13.1 Å². The summed E-state index contributed by atoms with van der Waals surface area (Å²) in [7, 11) is 2.42. The summed E-state index contributed by atoms with van der Waals surface area (Å²) < 4.78 is 49.4. The molecule has 1 aliphatic rings. The van der Waals surface area contributed by atoms with Gasteiger partial charge in [0.1, 0.15) is 5.56 Å². The maximum atomic E-state index is 13.2. The van der Waals surface area contributed by atoms with Crippen LogP contribution in [0, 0.1) is 0 Å². The third-order valence-electron chi connectivity index (χ3n) is 3.89. The second-order valence-corrected chi connectivity index (χ2v) is 5.52. The number of alkyl halides is 3. The van der Waals surface area contributed by atoms with Crippen molar-refractivity contribution in [2.45, 2.75) is 25.4 Å². The summed E-state index contributed by atoms with van der Waals surface area (Å²) >= 11 is 0. The van der Waals surface area contributed by atoms with Gasteiger partial charge in [0.15, 0.2) is 11.5 Å². The Hall–Kier alpha value is -2.18. The van der Waals surface area contributed by atoms with Gasteiger partial charge in [-0.3, -0.25) is 4.79 Å². The maximum Gasteiger partial charge on any atom is 0.420 e. The molecule has 0 saturated carbocycles. The lowest BCUT2D eigenvalue weighted by atomic mass is 10.1. The van der Waals surface area contributed by atoms with E-state index < -0.39 is 11.7 Å². The summed E-state index contributed by atoms with van der Waals surface area (Å²) in [5.41, 5.74) is -0.709. The number of amides is 1. The molecule has 1 amide bonds. The first kappa shape index (κ1) is 18.2. The standard InChI is InChI=1S/C17H20F3NO3/c1-23-14-11-12(10-13(16(14)24-2)17(18,19)20)6-7-15(22)21-8-4-3-5-9-21/h6-7,10-11H,3-5,8-9H2,1-2H3/b7-6+. The van der Waals surface area contributed by atoms with Crippen molar-refractivity contribution in [1.29, 1.82) is 0 Å². The monoisotopic (exact) mass is 343 g/mol. The minimum absolute atomic E-state index is 0.0302. The fourth-order valence-corrected chi connectivity index (χ4v) is 2.68. The summed E-state index contributed by atoms with van der Waals surface area (Å²) in [6.07, 6.45) is 1.08. The Labute approximate surface area is 138 Å². The Morgan fingerprint density at radius 2 is 1.79 bits per heavy atom. The average molecular weight is 343 g/mol. The number of hydrogen-bond donors (Lipinski definition) is 0. The molecular formula is C17H20F3NO3. The first-order chi connectivity index (χ1) is 11.4. The molecule has 0 radical (unpaired) electrons. The average Bonchev–Trinajstić information content (AvgIpc) is 2.58. The molecule has 1 fully saturated rings. The van der Waals surface area contributed by atoms with Crippen molar-refractivity contribution in [3.8, 4) is 11.5 Å². The number of carbonyl (C=O) groups is 1. The van der Waals surface area contributed by atoms with Crippen LogP contribution in [0.15, 0.2) is 18.2 Å². The summed E-state index contributed by atoms with van der Waals surface area (Å²) in [5, 5.41) is 0. The molecule has 0 aromatic heterocycles. The molecule has 0 bridgehead atoms. The lowest BCUT2D eigenvalue weighted by molar-refractivity contribution is -0.138. The minimum atomic E-state index is -4.58. The second kappa shape index (κ2) is 7.59. The number of ether oxygens (including phenoxy) is 2. The van der Waals surface area contributed by atoms with Gasteiger partial charge in [-0.05, 0) is 43.0 Å². The van der Waals surface area contributed by atoms with Gasteiger partial charge in [0.25, 0.3) is 0 Å². The van der Waals surface area contributed by atoms with E-state index in [9.17, 15) is 18.0 Å². The number of methoxy groups -OCH3 is 2. The summed E-state index contributed by atoms with van der Waals surface area (Å²) in [4.78, 5) is 13.8. The van der Waals surface area contributed by atoms with Crippen LogP contribution in [0.1, 0.15) is 30.4 Å². The molecule has 1 aromatic carbocycles. The van der Waals surface area contributed by atoms with Crippen LogP contribution in [-0.2, 0) is 11.0 Å². The van der Waals surface area contributed by atoms with E-state index in [4.69, 9.17) is 9.47 Å². The predicted molar refractivity (Wildman–Crippen MR) is 84.0 cm³/mol. The van der Waals surface area contributed by atoms with Gasteiger partial charge in [0, 0.05) is 19.2 Å². The Morgan fingerprint density at radius 1 is 1.12 bits per heavy atom. The SMILES string of the molecule is COc1cc(/C=C/C(=O)N2CCCCC2)cc(C(F)(F)F)c1OC. The van der Waals surface area contributed by atoms with Gasteiger partial charge < -0.3 is 14.4 Å². The fourth-order valence-electron chi connectivity index (χ4n) is 2.68. The van der Waals surface area contributed by atoms with E-state index in [1.807, 2.05) is 0 Å². The number of carbonyl (C=O) groups excluding carboxylic acids is 1. The predicted octanol–water partition coefficient (Wildman–Crippen LogP) is 3.75. The van der Waals surface area contributed by atoms with Crippen molar-refractivity contribution < 1.29 is 27.4 Å². The molecule has 0 spiro atoms. The number of hydrogen-bond acceptors (Lipinski definition) is 3. The normalized spacial score (nSPS) is 15.6. The van der Waals surface area contributed by atoms with Crippen LogP contribution in [0.25, 0.3) is 6.08 Å². The molecule has 1 heterocycles. The zero-order valence-corrected chi connectivity index (χ0v) is 13.7. The van der Waals surface area contributed by atoms with Gasteiger partial charge in [-0.2, -0.15) is 13.2 Å². The van der Waals surface area contributed by atoms with Crippen LogP contribution in [-0.4, -0.2) is 38.1 Å². The number of nitrogens with zero attached hydrogens (tertiary/aromatic N) is 1. The Bertz CT molecular complexity index is 620. The van der Waals surface area contributed by atoms with Gasteiger partial charge in [-0.1, -0.05) is 0 Å². The van der Waals surface area contributed by atoms with Gasteiger partial charge in [0.2, 0.25) is 5.91 Å². The molecule has 0 atom stereocenters. The summed E-state index contributed by atoms with van der Waals surface area (Å²) in [5.74, 6) is -0.597. The highest BCUT2D eigenvalue weighted by Crippen LogP contribution is 2.42. The zero-order chi connectivity index (χ0) is 17.7. The summed E-state index contributed by atoms with van der Waals surface area (Å²) in [6, 6.07) is 2.36. The molecule has 1 saturated heterocycles. The van der Waals surface area contributed by atoms with E-state index in [1.54, 1.807) is 4.90 Å². The van der Waals surface area contributed by atoms with E-state index in [2.05, 4.69) is 0 Å².